The number of nitrogens with one attached hydrogen (secondary N) is 2. The van der Waals surface area contributed by atoms with Gasteiger partial charge in [-0.05, 0) is 26.0 Å². The molecule has 1 aromatic carbocycles. The predicted molar refractivity (Wildman–Crippen MR) is 75.4 cm³/mol. The molecule has 2 rings (SSSR count). The van der Waals surface area contributed by atoms with Gasteiger partial charge in [0.1, 0.15) is 18.0 Å². The van der Waals surface area contributed by atoms with Crippen molar-refractivity contribution in [2.75, 3.05) is 18.5 Å². The van der Waals surface area contributed by atoms with Crippen LogP contribution in [0.2, 0.25) is 0 Å². The lowest BCUT2D eigenvalue weighted by molar-refractivity contribution is 0.0914. The summed E-state index contributed by atoms with van der Waals surface area (Å²) in [4.78, 5) is 11.9. The van der Waals surface area contributed by atoms with Gasteiger partial charge in [0.15, 0.2) is 0 Å². The molecule has 0 unspecified atom stereocenters. The van der Waals surface area contributed by atoms with Gasteiger partial charge in [-0.1, -0.05) is 0 Å². The molecular weight excluding hydrogens is 261 g/mol. The normalized spacial score (nSPS) is 17.0. The third kappa shape index (κ3) is 3.08. The van der Waals surface area contributed by atoms with Crippen molar-refractivity contribution in [3.05, 3.63) is 35.7 Å². The summed E-state index contributed by atoms with van der Waals surface area (Å²) in [5.41, 5.74) is 6.45. The van der Waals surface area contributed by atoms with E-state index in [0.29, 0.717) is 28.9 Å². The first-order chi connectivity index (χ1) is 9.45. The minimum Gasteiger partial charge on any atom is -0.489 e. The third-order valence-corrected chi connectivity index (χ3v) is 2.95. The van der Waals surface area contributed by atoms with Gasteiger partial charge in [0.2, 0.25) is 0 Å². The van der Waals surface area contributed by atoms with Crippen molar-refractivity contribution in [2.45, 2.75) is 19.5 Å². The van der Waals surface area contributed by atoms with Crippen LogP contribution >= 0.6 is 0 Å². The smallest absolute Gasteiger partial charge is 0.255 e. The summed E-state index contributed by atoms with van der Waals surface area (Å²) in [5.74, 6) is 0.413. The molecule has 4 N–H and O–H groups in total. The van der Waals surface area contributed by atoms with Gasteiger partial charge in [0, 0.05) is 18.2 Å². The van der Waals surface area contributed by atoms with E-state index in [9.17, 15) is 9.18 Å². The number of rotatable bonds is 4. The van der Waals surface area contributed by atoms with E-state index in [1.807, 2.05) is 13.8 Å². The maximum Gasteiger partial charge on any atom is 0.255 e. The highest BCUT2D eigenvalue weighted by Gasteiger charge is 2.29. The SMILES string of the molecule is CC1(C)NC(=O)c2ccc(OC/C(=C/F)CN)cc2N1. The summed E-state index contributed by atoms with van der Waals surface area (Å²) >= 11 is 0. The Morgan fingerprint density at radius 3 is 2.85 bits per heavy atom. The maximum atomic E-state index is 12.4. The molecule has 0 saturated carbocycles. The number of anilines is 1. The third-order valence-electron chi connectivity index (χ3n) is 2.95. The first kappa shape index (κ1) is 14.3. The summed E-state index contributed by atoms with van der Waals surface area (Å²) < 4.78 is 17.9. The van der Waals surface area contributed by atoms with Crippen LogP contribution < -0.4 is 21.1 Å². The number of fused-ring (bicyclic) bond motifs is 1. The molecule has 1 aliphatic heterocycles. The Bertz CT molecular complexity index is 555. The molecule has 1 heterocycles. The van der Waals surface area contributed by atoms with Crippen LogP contribution in [-0.4, -0.2) is 24.7 Å². The molecule has 0 atom stereocenters. The quantitative estimate of drug-likeness (QED) is 0.785. The van der Waals surface area contributed by atoms with Gasteiger partial charge in [-0.25, -0.2) is 4.39 Å². The second-order valence-electron chi connectivity index (χ2n) is 5.17. The largest absolute Gasteiger partial charge is 0.489 e. The van der Waals surface area contributed by atoms with Crippen molar-refractivity contribution in [1.82, 2.24) is 5.32 Å². The highest BCUT2D eigenvalue weighted by molar-refractivity contribution is 6.02. The molecule has 0 bridgehead atoms. The van der Waals surface area contributed by atoms with Crippen molar-refractivity contribution in [3.8, 4) is 5.75 Å². The lowest BCUT2D eigenvalue weighted by Crippen LogP contribution is -2.53. The van der Waals surface area contributed by atoms with Crippen LogP contribution in [0.15, 0.2) is 30.1 Å². The molecule has 1 aromatic rings. The Morgan fingerprint density at radius 1 is 1.45 bits per heavy atom. The Kier molecular flexibility index (Phi) is 3.94. The van der Waals surface area contributed by atoms with Crippen molar-refractivity contribution in [1.29, 1.82) is 0 Å². The Labute approximate surface area is 117 Å². The zero-order valence-corrected chi connectivity index (χ0v) is 11.5. The number of halogens is 1. The summed E-state index contributed by atoms with van der Waals surface area (Å²) in [7, 11) is 0. The van der Waals surface area contributed by atoms with Crippen LogP contribution in [0.25, 0.3) is 0 Å². The van der Waals surface area contributed by atoms with E-state index in [1.54, 1.807) is 18.2 Å². The van der Waals surface area contributed by atoms with E-state index in [4.69, 9.17) is 10.5 Å². The second-order valence-corrected chi connectivity index (χ2v) is 5.17. The number of carbonyl (C=O) groups excluding carboxylic acids is 1. The molecule has 0 radical (unpaired) electrons. The molecule has 0 aliphatic carbocycles. The van der Waals surface area contributed by atoms with E-state index < -0.39 is 5.66 Å². The molecule has 20 heavy (non-hydrogen) atoms. The number of amides is 1. The van der Waals surface area contributed by atoms with Gasteiger partial charge in [-0.3, -0.25) is 4.79 Å². The van der Waals surface area contributed by atoms with Crippen LogP contribution in [0.4, 0.5) is 10.1 Å². The Hall–Kier alpha value is -2.08. The molecule has 0 aromatic heterocycles. The van der Waals surface area contributed by atoms with Crippen molar-refractivity contribution in [2.24, 2.45) is 5.73 Å². The average molecular weight is 279 g/mol. The summed E-state index contributed by atoms with van der Waals surface area (Å²) in [6.07, 6.45) is 0.452. The fourth-order valence-electron chi connectivity index (χ4n) is 1.94. The van der Waals surface area contributed by atoms with Crippen molar-refractivity contribution in [3.63, 3.8) is 0 Å². The molecule has 0 spiro atoms. The lowest BCUT2D eigenvalue weighted by Gasteiger charge is -2.34. The van der Waals surface area contributed by atoms with Gasteiger partial charge >= 0.3 is 0 Å². The summed E-state index contributed by atoms with van der Waals surface area (Å²) in [6, 6.07) is 5.07. The van der Waals surface area contributed by atoms with Crippen molar-refractivity contribution < 1.29 is 13.9 Å². The first-order valence-corrected chi connectivity index (χ1v) is 6.31. The number of hydrogen-bond acceptors (Lipinski definition) is 4. The molecule has 1 aliphatic rings. The highest BCUT2D eigenvalue weighted by Crippen LogP contribution is 2.28. The monoisotopic (exact) mass is 279 g/mol. The highest BCUT2D eigenvalue weighted by atomic mass is 19.1. The van der Waals surface area contributed by atoms with Gasteiger partial charge in [-0.2, -0.15) is 0 Å². The summed E-state index contributed by atoms with van der Waals surface area (Å²) in [5, 5.41) is 6.03. The van der Waals surface area contributed by atoms with Crippen LogP contribution in [0.1, 0.15) is 24.2 Å². The average Bonchev–Trinajstić information content (AvgIpc) is 2.38. The van der Waals surface area contributed by atoms with E-state index in [0.717, 1.165) is 0 Å². The number of nitrogens with two attached hydrogens (primary N) is 1. The second kappa shape index (κ2) is 5.50. The fourth-order valence-corrected chi connectivity index (χ4v) is 1.94. The fraction of sp³-hybridized carbons (Fsp3) is 0.357. The first-order valence-electron chi connectivity index (χ1n) is 6.31. The molecule has 108 valence electrons. The minimum absolute atomic E-state index is 0.0847. The lowest BCUT2D eigenvalue weighted by atomic mass is 10.0. The van der Waals surface area contributed by atoms with Crippen LogP contribution in [-0.2, 0) is 0 Å². The predicted octanol–water partition coefficient (Wildman–Crippen LogP) is 1.77. The molecule has 6 heteroatoms. The van der Waals surface area contributed by atoms with Gasteiger partial charge in [0.05, 0.1) is 17.6 Å². The van der Waals surface area contributed by atoms with E-state index in [-0.39, 0.29) is 19.1 Å². The molecule has 0 fully saturated rings. The Morgan fingerprint density at radius 2 is 2.20 bits per heavy atom. The van der Waals surface area contributed by atoms with Crippen molar-refractivity contribution >= 4 is 11.6 Å². The van der Waals surface area contributed by atoms with Gasteiger partial charge in [-0.15, -0.1) is 0 Å². The standard InChI is InChI=1S/C14H18FN3O2/c1-14(2)17-12-5-10(20-8-9(6-15)7-16)3-4-11(12)13(19)18-14/h3-6,17H,7-8,16H2,1-2H3,(H,18,19)/b9-6+. The van der Waals surface area contributed by atoms with Gasteiger partial charge in [0.25, 0.3) is 5.91 Å². The number of ether oxygens (including phenoxy) is 1. The molecule has 5 nitrogen and oxygen atoms in total. The number of hydrogen-bond donors (Lipinski definition) is 3. The number of benzene rings is 1. The van der Waals surface area contributed by atoms with E-state index in [2.05, 4.69) is 10.6 Å². The van der Waals surface area contributed by atoms with Crippen LogP contribution in [0.5, 0.6) is 5.75 Å². The zero-order valence-electron chi connectivity index (χ0n) is 11.5. The maximum absolute atomic E-state index is 12.4. The van der Waals surface area contributed by atoms with Gasteiger partial charge < -0.3 is 21.1 Å². The van der Waals surface area contributed by atoms with Crippen LogP contribution in [0.3, 0.4) is 0 Å². The van der Waals surface area contributed by atoms with Crippen LogP contribution in [0, 0.1) is 0 Å². The molecular formula is C14H18FN3O2. The Balaban J connectivity index is 2.17. The molecule has 0 saturated heterocycles. The summed E-state index contributed by atoms with van der Waals surface area (Å²) in [6.45, 7) is 3.91. The minimum atomic E-state index is -0.524. The topological polar surface area (TPSA) is 76.4 Å². The van der Waals surface area contributed by atoms with E-state index in [1.165, 1.54) is 0 Å². The zero-order chi connectivity index (χ0) is 14.8. The van der Waals surface area contributed by atoms with E-state index >= 15 is 0 Å². The molecule has 1 amide bonds. The number of carbonyl (C=O) groups is 1.